The quantitative estimate of drug-likeness (QED) is 0.762. The molecular formula is C16H17BrFN. The summed E-state index contributed by atoms with van der Waals surface area (Å²) in [6.07, 6.45) is 2.00. The van der Waals surface area contributed by atoms with E-state index >= 15 is 0 Å². The Morgan fingerprint density at radius 1 is 1.11 bits per heavy atom. The average molecular weight is 322 g/mol. The van der Waals surface area contributed by atoms with Gasteiger partial charge in [0, 0.05) is 4.47 Å². The molecule has 0 aromatic heterocycles. The van der Waals surface area contributed by atoms with Gasteiger partial charge in [-0.15, -0.1) is 0 Å². The van der Waals surface area contributed by atoms with Gasteiger partial charge in [-0.25, -0.2) is 4.39 Å². The normalized spacial score (nSPS) is 12.2. The molecule has 100 valence electrons. The number of hydrogen-bond acceptors (Lipinski definition) is 1. The Labute approximate surface area is 122 Å². The van der Waals surface area contributed by atoms with Gasteiger partial charge in [0.1, 0.15) is 5.82 Å². The summed E-state index contributed by atoms with van der Waals surface area (Å²) >= 11 is 3.40. The fourth-order valence-corrected chi connectivity index (χ4v) is 2.56. The Balaban J connectivity index is 2.27. The molecule has 0 amide bonds. The standard InChI is InChI=1S/C16H17BrFN/c1-2-7-15(12-8-4-3-5-9-12)19-16-13(17)10-6-11-14(16)18/h3-6,8-11,15,19H,2,7H2,1H3. The van der Waals surface area contributed by atoms with Crippen LogP contribution in [0, 0.1) is 5.82 Å². The predicted molar refractivity (Wildman–Crippen MR) is 81.8 cm³/mol. The second-order valence-electron chi connectivity index (χ2n) is 4.49. The Morgan fingerprint density at radius 3 is 2.47 bits per heavy atom. The van der Waals surface area contributed by atoms with Crippen molar-refractivity contribution in [1.82, 2.24) is 0 Å². The monoisotopic (exact) mass is 321 g/mol. The first kappa shape index (κ1) is 14.1. The summed E-state index contributed by atoms with van der Waals surface area (Å²) in [5.74, 6) is -0.230. The highest BCUT2D eigenvalue weighted by atomic mass is 79.9. The molecule has 2 rings (SSSR count). The molecule has 0 heterocycles. The van der Waals surface area contributed by atoms with Crippen LogP contribution in [0.25, 0.3) is 0 Å². The van der Waals surface area contributed by atoms with Crippen LogP contribution < -0.4 is 5.32 Å². The zero-order valence-corrected chi connectivity index (χ0v) is 12.5. The lowest BCUT2D eigenvalue weighted by Gasteiger charge is -2.21. The summed E-state index contributed by atoms with van der Waals surface area (Å²) in [6, 6.07) is 15.3. The Kier molecular flexibility index (Phi) is 4.97. The SMILES string of the molecule is CCCC(Nc1c(F)cccc1Br)c1ccccc1. The maximum Gasteiger partial charge on any atom is 0.147 e. The molecule has 1 N–H and O–H groups in total. The lowest BCUT2D eigenvalue weighted by atomic mass is 10.0. The highest BCUT2D eigenvalue weighted by Crippen LogP contribution is 2.31. The number of rotatable bonds is 5. The molecule has 0 bridgehead atoms. The van der Waals surface area contributed by atoms with Gasteiger partial charge in [0.05, 0.1) is 11.7 Å². The fraction of sp³-hybridized carbons (Fsp3) is 0.250. The van der Waals surface area contributed by atoms with Crippen LogP contribution >= 0.6 is 15.9 Å². The lowest BCUT2D eigenvalue weighted by Crippen LogP contribution is -2.12. The molecule has 0 aliphatic rings. The van der Waals surface area contributed by atoms with Crippen molar-refractivity contribution >= 4 is 21.6 Å². The van der Waals surface area contributed by atoms with E-state index in [1.807, 2.05) is 24.3 Å². The molecule has 1 atom stereocenters. The molecule has 2 aromatic carbocycles. The van der Waals surface area contributed by atoms with E-state index < -0.39 is 0 Å². The van der Waals surface area contributed by atoms with Crippen molar-refractivity contribution in [2.45, 2.75) is 25.8 Å². The van der Waals surface area contributed by atoms with Crippen molar-refractivity contribution in [2.24, 2.45) is 0 Å². The summed E-state index contributed by atoms with van der Waals surface area (Å²) in [5.41, 5.74) is 1.71. The molecule has 1 unspecified atom stereocenters. The molecule has 0 saturated carbocycles. The van der Waals surface area contributed by atoms with Crippen molar-refractivity contribution in [1.29, 1.82) is 0 Å². The zero-order valence-electron chi connectivity index (χ0n) is 10.9. The molecule has 0 aliphatic carbocycles. The number of halogens is 2. The van der Waals surface area contributed by atoms with Crippen LogP contribution in [0.2, 0.25) is 0 Å². The second-order valence-corrected chi connectivity index (χ2v) is 5.35. The van der Waals surface area contributed by atoms with E-state index in [1.54, 1.807) is 6.07 Å². The van der Waals surface area contributed by atoms with E-state index in [-0.39, 0.29) is 11.9 Å². The van der Waals surface area contributed by atoms with E-state index in [0.717, 1.165) is 17.3 Å². The first-order chi connectivity index (χ1) is 9.22. The number of hydrogen-bond donors (Lipinski definition) is 1. The van der Waals surface area contributed by atoms with E-state index in [4.69, 9.17) is 0 Å². The van der Waals surface area contributed by atoms with E-state index in [2.05, 4.69) is 40.3 Å². The van der Waals surface area contributed by atoms with E-state index in [9.17, 15) is 4.39 Å². The van der Waals surface area contributed by atoms with Crippen molar-refractivity contribution in [2.75, 3.05) is 5.32 Å². The molecule has 0 radical (unpaired) electrons. The molecule has 19 heavy (non-hydrogen) atoms. The Morgan fingerprint density at radius 2 is 1.84 bits per heavy atom. The number of anilines is 1. The van der Waals surface area contributed by atoms with E-state index in [0.29, 0.717) is 5.69 Å². The topological polar surface area (TPSA) is 12.0 Å². The molecule has 1 nitrogen and oxygen atoms in total. The van der Waals surface area contributed by atoms with Crippen LogP contribution in [0.5, 0.6) is 0 Å². The van der Waals surface area contributed by atoms with Crippen LogP contribution in [0.3, 0.4) is 0 Å². The van der Waals surface area contributed by atoms with Crippen LogP contribution in [-0.2, 0) is 0 Å². The van der Waals surface area contributed by atoms with Crippen LogP contribution in [0.15, 0.2) is 53.0 Å². The largest absolute Gasteiger partial charge is 0.375 e. The van der Waals surface area contributed by atoms with Crippen molar-refractivity contribution in [3.63, 3.8) is 0 Å². The molecule has 0 spiro atoms. The molecule has 0 saturated heterocycles. The zero-order chi connectivity index (χ0) is 13.7. The van der Waals surface area contributed by atoms with Crippen LogP contribution in [-0.4, -0.2) is 0 Å². The summed E-state index contributed by atoms with van der Waals surface area (Å²) in [4.78, 5) is 0. The summed E-state index contributed by atoms with van der Waals surface area (Å²) < 4.78 is 14.6. The summed E-state index contributed by atoms with van der Waals surface area (Å²) in [5, 5.41) is 3.31. The fourth-order valence-electron chi connectivity index (χ4n) is 2.11. The third-order valence-corrected chi connectivity index (χ3v) is 3.72. The van der Waals surface area contributed by atoms with Gasteiger partial charge in [-0.05, 0) is 40.0 Å². The minimum absolute atomic E-state index is 0.124. The van der Waals surface area contributed by atoms with Gasteiger partial charge >= 0.3 is 0 Å². The third-order valence-electron chi connectivity index (χ3n) is 3.06. The minimum Gasteiger partial charge on any atom is -0.375 e. The third kappa shape index (κ3) is 3.57. The average Bonchev–Trinajstić information content (AvgIpc) is 2.43. The smallest absolute Gasteiger partial charge is 0.147 e. The maximum absolute atomic E-state index is 13.9. The number of para-hydroxylation sites is 1. The highest BCUT2D eigenvalue weighted by molar-refractivity contribution is 9.10. The molecule has 0 fully saturated rings. The van der Waals surface area contributed by atoms with Crippen molar-refractivity contribution in [3.8, 4) is 0 Å². The van der Waals surface area contributed by atoms with Crippen molar-refractivity contribution < 1.29 is 4.39 Å². The highest BCUT2D eigenvalue weighted by Gasteiger charge is 2.14. The Hall–Kier alpha value is -1.35. The van der Waals surface area contributed by atoms with Crippen LogP contribution in [0.4, 0.5) is 10.1 Å². The van der Waals surface area contributed by atoms with Crippen LogP contribution in [0.1, 0.15) is 31.4 Å². The Bertz CT molecular complexity index is 507. The molecule has 3 heteroatoms. The molecule has 2 aromatic rings. The van der Waals surface area contributed by atoms with Gasteiger partial charge in [0.25, 0.3) is 0 Å². The predicted octanol–water partition coefficient (Wildman–Crippen LogP) is 5.54. The summed E-state index contributed by atoms with van der Waals surface area (Å²) in [6.45, 7) is 2.13. The van der Waals surface area contributed by atoms with Crippen molar-refractivity contribution in [3.05, 3.63) is 64.4 Å². The first-order valence-electron chi connectivity index (χ1n) is 6.48. The minimum atomic E-state index is -0.230. The van der Waals surface area contributed by atoms with Gasteiger partial charge in [-0.3, -0.25) is 0 Å². The lowest BCUT2D eigenvalue weighted by molar-refractivity contribution is 0.617. The summed E-state index contributed by atoms with van der Waals surface area (Å²) in [7, 11) is 0. The first-order valence-corrected chi connectivity index (χ1v) is 7.27. The van der Waals surface area contributed by atoms with Gasteiger partial charge < -0.3 is 5.32 Å². The molecular weight excluding hydrogens is 305 g/mol. The maximum atomic E-state index is 13.9. The molecule has 0 aliphatic heterocycles. The van der Waals surface area contributed by atoms with Gasteiger partial charge in [0.15, 0.2) is 0 Å². The van der Waals surface area contributed by atoms with E-state index in [1.165, 1.54) is 11.6 Å². The number of nitrogens with one attached hydrogen (secondary N) is 1. The second kappa shape index (κ2) is 6.71. The van der Waals surface area contributed by atoms with Gasteiger partial charge in [-0.1, -0.05) is 49.7 Å². The van der Waals surface area contributed by atoms with Gasteiger partial charge in [-0.2, -0.15) is 0 Å². The number of benzene rings is 2. The van der Waals surface area contributed by atoms with Gasteiger partial charge in [0.2, 0.25) is 0 Å².